The molecule has 15 heavy (non-hydrogen) atoms. The minimum absolute atomic E-state index is 0.0551. The van der Waals surface area contributed by atoms with Crippen LogP contribution in [0.15, 0.2) is 11.4 Å². The highest BCUT2D eigenvalue weighted by Gasteiger charge is 2.12. The molecule has 0 bridgehead atoms. The Labute approximate surface area is 91.9 Å². The monoisotopic (exact) mass is 227 g/mol. The molecule has 0 saturated carbocycles. The lowest BCUT2D eigenvalue weighted by Gasteiger charge is -2.08. The molecule has 4 nitrogen and oxygen atoms in total. The van der Waals surface area contributed by atoms with Gasteiger partial charge in [0.2, 0.25) is 0 Å². The molecule has 1 rings (SSSR count). The lowest BCUT2D eigenvalue weighted by Crippen LogP contribution is -2.34. The smallest absolute Gasteiger partial charge is 0.261 e. The number of rotatable bonds is 4. The average molecular weight is 227 g/mol. The Morgan fingerprint density at radius 1 is 1.60 bits per heavy atom. The molecule has 0 aliphatic rings. The number of nitrogens with one attached hydrogen (secondary N) is 1. The molecule has 5 heteroatoms. The van der Waals surface area contributed by atoms with Crippen LogP contribution >= 0.6 is 11.3 Å². The molecule has 0 fully saturated rings. The van der Waals surface area contributed by atoms with Crippen molar-refractivity contribution in [2.75, 3.05) is 6.61 Å². The first-order chi connectivity index (χ1) is 7.04. The fourth-order valence-corrected chi connectivity index (χ4v) is 1.83. The molecule has 0 saturated heterocycles. The van der Waals surface area contributed by atoms with Crippen LogP contribution in [0.3, 0.4) is 0 Å². The summed E-state index contributed by atoms with van der Waals surface area (Å²) < 4.78 is 0. The van der Waals surface area contributed by atoms with E-state index in [1.165, 1.54) is 18.3 Å². The second-order valence-corrected chi connectivity index (χ2v) is 4.22. The van der Waals surface area contributed by atoms with Gasteiger partial charge in [-0.05, 0) is 19.9 Å². The van der Waals surface area contributed by atoms with Gasteiger partial charge in [0.15, 0.2) is 5.78 Å². The van der Waals surface area contributed by atoms with Crippen molar-refractivity contribution in [3.8, 4) is 0 Å². The van der Waals surface area contributed by atoms with Gasteiger partial charge in [-0.15, -0.1) is 11.3 Å². The van der Waals surface area contributed by atoms with Crippen LogP contribution < -0.4 is 5.32 Å². The molecular weight excluding hydrogens is 214 g/mol. The molecule has 0 aliphatic carbocycles. The maximum Gasteiger partial charge on any atom is 0.261 e. The van der Waals surface area contributed by atoms with E-state index in [0.717, 1.165) is 0 Å². The average Bonchev–Trinajstić information content (AvgIpc) is 2.66. The van der Waals surface area contributed by atoms with Crippen LogP contribution in [0.5, 0.6) is 0 Å². The fourth-order valence-electron chi connectivity index (χ4n) is 0.980. The van der Waals surface area contributed by atoms with Crippen LogP contribution in [0.1, 0.15) is 33.9 Å². The van der Waals surface area contributed by atoms with Crippen molar-refractivity contribution in [3.63, 3.8) is 0 Å². The fraction of sp³-hybridized carbons (Fsp3) is 0.400. The zero-order valence-electron chi connectivity index (χ0n) is 8.61. The van der Waals surface area contributed by atoms with Crippen LogP contribution in [-0.2, 0) is 0 Å². The number of carbonyl (C=O) groups excluding carboxylic acids is 2. The predicted octanol–water partition coefficient (Wildman–Crippen LogP) is 1.06. The Bertz CT molecular complexity index is 372. The summed E-state index contributed by atoms with van der Waals surface area (Å²) in [4.78, 5) is 23.0. The Morgan fingerprint density at radius 3 is 2.73 bits per heavy atom. The number of hydrogen-bond acceptors (Lipinski definition) is 4. The van der Waals surface area contributed by atoms with Gasteiger partial charge in [0.25, 0.3) is 5.91 Å². The van der Waals surface area contributed by atoms with Crippen LogP contribution in [-0.4, -0.2) is 29.4 Å². The summed E-state index contributed by atoms with van der Waals surface area (Å²) in [5.74, 6) is -0.311. The van der Waals surface area contributed by atoms with E-state index < -0.39 is 0 Å². The van der Waals surface area contributed by atoms with E-state index in [1.807, 2.05) is 0 Å². The Kier molecular flexibility index (Phi) is 3.99. The summed E-state index contributed by atoms with van der Waals surface area (Å²) in [6.07, 6.45) is 0. The van der Waals surface area contributed by atoms with Crippen molar-refractivity contribution in [2.24, 2.45) is 0 Å². The quantitative estimate of drug-likeness (QED) is 0.756. The van der Waals surface area contributed by atoms with Crippen molar-refractivity contribution >= 4 is 23.0 Å². The first kappa shape index (κ1) is 11.9. The molecule has 1 atom stereocenters. The van der Waals surface area contributed by atoms with Crippen molar-refractivity contribution in [1.82, 2.24) is 5.32 Å². The Morgan fingerprint density at radius 2 is 2.27 bits per heavy atom. The van der Waals surface area contributed by atoms with Gasteiger partial charge < -0.3 is 10.4 Å². The Hall–Kier alpha value is -1.20. The maximum atomic E-state index is 11.5. The topological polar surface area (TPSA) is 66.4 Å². The summed E-state index contributed by atoms with van der Waals surface area (Å²) in [6, 6.07) is 1.28. The van der Waals surface area contributed by atoms with Crippen LogP contribution in [0.4, 0.5) is 0 Å². The summed E-state index contributed by atoms with van der Waals surface area (Å²) in [6.45, 7) is 3.06. The molecule has 1 aromatic rings. The summed E-state index contributed by atoms with van der Waals surface area (Å²) in [7, 11) is 0. The van der Waals surface area contributed by atoms with Gasteiger partial charge in [0.05, 0.1) is 11.5 Å². The standard InChI is InChI=1S/C10H13NO3S/c1-6(4-12)11-10(14)9-3-8(5-15-9)7(2)13/h3,5-6,12H,4H2,1-2H3,(H,11,14). The zero-order chi connectivity index (χ0) is 11.4. The minimum Gasteiger partial charge on any atom is -0.394 e. The molecule has 0 aliphatic heterocycles. The van der Waals surface area contributed by atoms with Gasteiger partial charge in [0.1, 0.15) is 0 Å². The third-order valence-electron chi connectivity index (χ3n) is 1.88. The molecule has 1 heterocycles. The van der Waals surface area contributed by atoms with Crippen LogP contribution in [0, 0.1) is 0 Å². The molecule has 2 N–H and O–H groups in total. The second-order valence-electron chi connectivity index (χ2n) is 3.31. The number of Topliss-reactive ketones (excluding diaryl/α,β-unsaturated/α-hetero) is 1. The summed E-state index contributed by atoms with van der Waals surface area (Å²) >= 11 is 1.22. The highest BCUT2D eigenvalue weighted by molar-refractivity contribution is 7.12. The normalized spacial score (nSPS) is 12.2. The van der Waals surface area contributed by atoms with E-state index in [9.17, 15) is 9.59 Å². The number of thiophene rings is 1. The molecule has 0 spiro atoms. The van der Waals surface area contributed by atoms with Gasteiger partial charge >= 0.3 is 0 Å². The number of aliphatic hydroxyl groups excluding tert-OH is 1. The number of carbonyl (C=O) groups is 2. The van der Waals surface area contributed by atoms with Crippen molar-refractivity contribution in [1.29, 1.82) is 0 Å². The van der Waals surface area contributed by atoms with Gasteiger partial charge in [0, 0.05) is 17.0 Å². The SMILES string of the molecule is CC(=O)c1csc(C(=O)NC(C)CO)c1. The van der Waals surface area contributed by atoms with E-state index in [4.69, 9.17) is 5.11 Å². The van der Waals surface area contributed by atoms with Crippen LogP contribution in [0.25, 0.3) is 0 Å². The Balaban J connectivity index is 2.70. The third kappa shape index (κ3) is 3.14. The second kappa shape index (κ2) is 5.04. The first-order valence-corrected chi connectivity index (χ1v) is 5.43. The summed E-state index contributed by atoms with van der Waals surface area (Å²) in [5.41, 5.74) is 0.543. The molecule has 0 aromatic carbocycles. The van der Waals surface area contributed by atoms with E-state index in [0.29, 0.717) is 10.4 Å². The van der Waals surface area contributed by atoms with E-state index in [1.54, 1.807) is 18.4 Å². The lowest BCUT2D eigenvalue weighted by molar-refractivity contribution is 0.0926. The van der Waals surface area contributed by atoms with Crippen molar-refractivity contribution < 1.29 is 14.7 Å². The lowest BCUT2D eigenvalue weighted by atomic mass is 10.2. The highest BCUT2D eigenvalue weighted by atomic mass is 32.1. The molecule has 82 valence electrons. The highest BCUT2D eigenvalue weighted by Crippen LogP contribution is 2.15. The number of amides is 1. The van der Waals surface area contributed by atoms with Gasteiger partial charge in [-0.25, -0.2) is 0 Å². The van der Waals surface area contributed by atoms with Gasteiger partial charge in [-0.3, -0.25) is 9.59 Å². The summed E-state index contributed by atoms with van der Waals surface area (Å²) in [5, 5.41) is 13.0. The maximum absolute atomic E-state index is 11.5. The predicted molar refractivity (Wildman–Crippen MR) is 58.3 cm³/mol. The molecule has 1 aromatic heterocycles. The third-order valence-corrected chi connectivity index (χ3v) is 2.81. The number of ketones is 1. The van der Waals surface area contributed by atoms with E-state index >= 15 is 0 Å². The van der Waals surface area contributed by atoms with Gasteiger partial charge in [-0.1, -0.05) is 0 Å². The zero-order valence-corrected chi connectivity index (χ0v) is 9.43. The minimum atomic E-state index is -0.277. The molecule has 1 amide bonds. The van der Waals surface area contributed by atoms with Crippen molar-refractivity contribution in [3.05, 3.63) is 21.9 Å². The van der Waals surface area contributed by atoms with Crippen molar-refractivity contribution in [2.45, 2.75) is 19.9 Å². The van der Waals surface area contributed by atoms with Gasteiger partial charge in [-0.2, -0.15) is 0 Å². The van der Waals surface area contributed by atoms with E-state index in [2.05, 4.69) is 5.32 Å². The first-order valence-electron chi connectivity index (χ1n) is 4.55. The number of aliphatic hydroxyl groups is 1. The molecular formula is C10H13NO3S. The van der Waals surface area contributed by atoms with Crippen LogP contribution in [0.2, 0.25) is 0 Å². The molecule has 0 radical (unpaired) electrons. The largest absolute Gasteiger partial charge is 0.394 e. The number of hydrogen-bond donors (Lipinski definition) is 2. The molecule has 1 unspecified atom stereocenters. The van der Waals surface area contributed by atoms with E-state index in [-0.39, 0.29) is 24.3 Å².